The Morgan fingerprint density at radius 2 is 1.31 bits per heavy atom. The Morgan fingerprint density at radius 1 is 0.808 bits per heavy atom. The normalized spacial score (nSPS) is 46.7. The third kappa shape index (κ3) is 3.82. The van der Waals surface area contributed by atoms with Gasteiger partial charge in [-0.25, -0.2) is 9.59 Å². The summed E-state index contributed by atoms with van der Waals surface area (Å²) >= 11 is 0. The number of carboxylic acids is 2. The van der Waals surface area contributed by atoms with Gasteiger partial charge < -0.3 is 49.6 Å². The summed E-state index contributed by atoms with van der Waals surface area (Å²) < 4.78 is 20.2. The van der Waals surface area contributed by atoms with Crippen molar-refractivity contribution in [1.82, 2.24) is 0 Å². The molecule has 2 rings (SSSR count). The number of methoxy groups -OCH3 is 1. The van der Waals surface area contributed by atoms with Gasteiger partial charge in [0.2, 0.25) is 0 Å². The van der Waals surface area contributed by atoms with Crippen LogP contribution in [0.3, 0.4) is 0 Å². The number of rotatable bonds is 5. The topological polar surface area (TPSA) is 192 Å². The summed E-state index contributed by atoms with van der Waals surface area (Å²) in [6.45, 7) is 1.35. The number of aliphatic hydroxyl groups is 4. The summed E-state index contributed by atoms with van der Waals surface area (Å²) in [6.07, 6.45) is -16.1. The zero-order valence-electron chi connectivity index (χ0n) is 13.9. The van der Waals surface area contributed by atoms with Crippen LogP contribution in [0.2, 0.25) is 0 Å². The quantitative estimate of drug-likeness (QED) is 0.275. The minimum atomic E-state index is -1.82. The molecule has 150 valence electrons. The molecule has 0 spiro atoms. The second-order valence-corrected chi connectivity index (χ2v) is 6.13. The number of carboxylic acid groups (broad SMARTS) is 2. The molecule has 0 aromatic heterocycles. The lowest BCUT2D eigenvalue weighted by Gasteiger charge is -2.45. The van der Waals surface area contributed by atoms with Crippen LogP contribution in [-0.2, 0) is 28.5 Å². The largest absolute Gasteiger partial charge is 0.479 e. The van der Waals surface area contributed by atoms with Gasteiger partial charge in [-0.1, -0.05) is 0 Å². The lowest BCUT2D eigenvalue weighted by Crippen LogP contribution is -2.65. The third-order valence-electron chi connectivity index (χ3n) is 4.42. The molecule has 2 fully saturated rings. The minimum absolute atomic E-state index is 1.02. The molecule has 0 aliphatic carbocycles. The summed E-state index contributed by atoms with van der Waals surface area (Å²) in [6, 6.07) is 0. The van der Waals surface area contributed by atoms with E-state index in [0.29, 0.717) is 0 Å². The van der Waals surface area contributed by atoms with Crippen LogP contribution in [0.15, 0.2) is 0 Å². The van der Waals surface area contributed by atoms with Crippen molar-refractivity contribution in [2.75, 3.05) is 7.11 Å². The van der Waals surface area contributed by atoms with Gasteiger partial charge in [-0.3, -0.25) is 0 Å². The van der Waals surface area contributed by atoms with E-state index in [1.807, 2.05) is 0 Å². The second kappa shape index (κ2) is 8.10. The van der Waals surface area contributed by atoms with E-state index in [-0.39, 0.29) is 0 Å². The molecule has 1 unspecified atom stereocenters. The number of hydrogen-bond donors (Lipinski definition) is 6. The molecule has 26 heavy (non-hydrogen) atoms. The number of ether oxygens (including phenoxy) is 4. The zero-order valence-corrected chi connectivity index (χ0v) is 13.9. The highest BCUT2D eigenvalue weighted by atomic mass is 16.7. The summed E-state index contributed by atoms with van der Waals surface area (Å²) in [7, 11) is 1.11. The molecule has 10 atom stereocenters. The van der Waals surface area contributed by atoms with Crippen molar-refractivity contribution in [3.05, 3.63) is 0 Å². The Balaban J connectivity index is 2.23. The van der Waals surface area contributed by atoms with Crippen molar-refractivity contribution < 1.29 is 59.2 Å². The first kappa shape index (κ1) is 20.9. The van der Waals surface area contributed by atoms with E-state index in [1.54, 1.807) is 0 Å². The molecule has 0 bridgehead atoms. The summed E-state index contributed by atoms with van der Waals surface area (Å²) in [5, 5.41) is 58.5. The molecule has 12 nitrogen and oxygen atoms in total. The Kier molecular flexibility index (Phi) is 6.52. The van der Waals surface area contributed by atoms with Crippen LogP contribution < -0.4 is 0 Å². The van der Waals surface area contributed by atoms with E-state index in [2.05, 4.69) is 0 Å². The van der Waals surface area contributed by atoms with E-state index in [0.717, 1.165) is 7.11 Å². The Morgan fingerprint density at radius 3 is 1.81 bits per heavy atom. The summed E-state index contributed by atoms with van der Waals surface area (Å²) in [4.78, 5) is 22.6. The number of aliphatic carboxylic acids is 2. The van der Waals surface area contributed by atoms with Crippen molar-refractivity contribution in [3.63, 3.8) is 0 Å². The van der Waals surface area contributed by atoms with Gasteiger partial charge in [0.25, 0.3) is 0 Å². The maximum Gasteiger partial charge on any atom is 0.335 e. The number of hydrogen-bond acceptors (Lipinski definition) is 10. The van der Waals surface area contributed by atoms with Crippen LogP contribution in [0.5, 0.6) is 0 Å². The van der Waals surface area contributed by atoms with Crippen molar-refractivity contribution in [3.8, 4) is 0 Å². The lowest BCUT2D eigenvalue weighted by atomic mass is 9.94. The highest BCUT2D eigenvalue weighted by molar-refractivity contribution is 5.74. The van der Waals surface area contributed by atoms with Crippen molar-refractivity contribution in [2.24, 2.45) is 0 Å². The van der Waals surface area contributed by atoms with Crippen LogP contribution in [0.25, 0.3) is 0 Å². The molecule has 6 N–H and O–H groups in total. The molecule has 2 saturated heterocycles. The van der Waals surface area contributed by atoms with Gasteiger partial charge in [0, 0.05) is 7.11 Å². The van der Waals surface area contributed by atoms with E-state index < -0.39 is 73.2 Å². The highest BCUT2D eigenvalue weighted by Gasteiger charge is 2.53. The molecule has 0 aromatic rings. The number of carbonyl (C=O) groups is 2. The van der Waals surface area contributed by atoms with Gasteiger partial charge in [-0.05, 0) is 6.92 Å². The molecule has 2 aliphatic heterocycles. The van der Waals surface area contributed by atoms with E-state index in [4.69, 9.17) is 18.9 Å². The maximum absolute atomic E-state index is 11.4. The zero-order chi connectivity index (χ0) is 19.8. The average Bonchev–Trinajstić information content (AvgIpc) is 2.58. The Bertz CT molecular complexity index is 526. The van der Waals surface area contributed by atoms with Crippen molar-refractivity contribution in [1.29, 1.82) is 0 Å². The molecule has 0 aromatic carbocycles. The lowest BCUT2D eigenvalue weighted by molar-refractivity contribution is -0.334. The fourth-order valence-electron chi connectivity index (χ4n) is 2.96. The standard InChI is InChI=1S/C14H22O12/c1-3-4(15)5(16)9(11(24-3)13(21)22)25-14-7(18)6(17)8(23-2)10(26-14)12(19)20/h3-11,14-18H,1-2H3,(H,19,20)(H,21,22)/t3-,4+,5+,6+,7-,8-,9-,10-,11?,14+/m0/s1. The first-order valence-electron chi connectivity index (χ1n) is 7.77. The van der Waals surface area contributed by atoms with Gasteiger partial charge in [-0.15, -0.1) is 0 Å². The SMILES string of the molecule is CO[C@H]1[C@H](O)[C@H](O)[C@H](O[C@@H]2C(C(=O)O)O[C@@H](C)[C@@H](O)[C@H]2O)O[C@@H]1C(=O)O. The Hall–Kier alpha value is -1.38. The highest BCUT2D eigenvalue weighted by Crippen LogP contribution is 2.30. The predicted octanol–water partition coefficient (Wildman–Crippen LogP) is -3.49. The van der Waals surface area contributed by atoms with E-state index in [1.165, 1.54) is 6.92 Å². The second-order valence-electron chi connectivity index (χ2n) is 6.13. The van der Waals surface area contributed by atoms with Crippen LogP contribution >= 0.6 is 0 Å². The van der Waals surface area contributed by atoms with Crippen LogP contribution in [0.4, 0.5) is 0 Å². The fraction of sp³-hybridized carbons (Fsp3) is 0.857. The fourth-order valence-corrected chi connectivity index (χ4v) is 2.96. The predicted molar refractivity (Wildman–Crippen MR) is 78.0 cm³/mol. The van der Waals surface area contributed by atoms with Crippen LogP contribution in [-0.4, -0.2) is 111 Å². The molecule has 2 heterocycles. The molecule has 0 radical (unpaired) electrons. The molecule has 12 heteroatoms. The monoisotopic (exact) mass is 382 g/mol. The van der Waals surface area contributed by atoms with Gasteiger partial charge in [0.05, 0.1) is 6.10 Å². The smallest absolute Gasteiger partial charge is 0.335 e. The van der Waals surface area contributed by atoms with Crippen LogP contribution in [0.1, 0.15) is 6.92 Å². The number of aliphatic hydroxyl groups excluding tert-OH is 4. The summed E-state index contributed by atoms with van der Waals surface area (Å²) in [5.41, 5.74) is 0. The molecule has 0 saturated carbocycles. The van der Waals surface area contributed by atoms with Gasteiger partial charge in [0.1, 0.15) is 36.6 Å². The molecular weight excluding hydrogens is 360 g/mol. The van der Waals surface area contributed by atoms with Gasteiger partial charge in [0.15, 0.2) is 18.5 Å². The first-order valence-corrected chi connectivity index (χ1v) is 7.77. The molecule has 0 amide bonds. The van der Waals surface area contributed by atoms with E-state index >= 15 is 0 Å². The third-order valence-corrected chi connectivity index (χ3v) is 4.42. The van der Waals surface area contributed by atoms with Crippen molar-refractivity contribution in [2.45, 2.75) is 68.1 Å². The molecule has 2 aliphatic rings. The van der Waals surface area contributed by atoms with Gasteiger partial charge in [-0.2, -0.15) is 0 Å². The Labute approximate surface area is 147 Å². The van der Waals surface area contributed by atoms with Crippen LogP contribution in [0, 0.1) is 0 Å². The molecular formula is C14H22O12. The average molecular weight is 382 g/mol. The summed E-state index contributed by atoms with van der Waals surface area (Å²) in [5.74, 6) is -3.02. The van der Waals surface area contributed by atoms with E-state index in [9.17, 15) is 40.2 Å². The van der Waals surface area contributed by atoms with Crippen molar-refractivity contribution >= 4 is 11.9 Å². The first-order chi connectivity index (χ1) is 12.1. The maximum atomic E-state index is 11.4. The van der Waals surface area contributed by atoms with Gasteiger partial charge >= 0.3 is 11.9 Å². The minimum Gasteiger partial charge on any atom is -0.479 e.